The van der Waals surface area contributed by atoms with Crippen LogP contribution in [0.4, 0.5) is 20.3 Å². The highest BCUT2D eigenvalue weighted by Crippen LogP contribution is 2.44. The van der Waals surface area contributed by atoms with Gasteiger partial charge in [-0.15, -0.1) is 0 Å². The number of phenolic OH excluding ortho intramolecular Hbond substituents is 1. The highest BCUT2D eigenvalue weighted by molar-refractivity contribution is 6.04. The number of imide groups is 1. The van der Waals surface area contributed by atoms with Crippen molar-refractivity contribution < 1.29 is 42.5 Å². The highest BCUT2D eigenvalue weighted by atomic mass is 19.1. The Hall–Kier alpha value is -6.61. The molecule has 3 aromatic heterocycles. The molecule has 82 heavy (non-hydrogen) atoms. The number of nitrogens with zero attached hydrogens (tertiary/aromatic N) is 10. The van der Waals surface area contributed by atoms with Gasteiger partial charge in [0.2, 0.25) is 18.2 Å². The second-order valence-electron chi connectivity index (χ2n) is 22.8. The third-order valence-electron chi connectivity index (χ3n) is 17.8. The molecule has 3 aromatic carbocycles. The van der Waals surface area contributed by atoms with Crippen molar-refractivity contribution in [1.82, 2.24) is 44.7 Å². The maximum Gasteiger partial charge on any atom is 0.319 e. The molecule has 440 valence electrons. The summed E-state index contributed by atoms with van der Waals surface area (Å²) in [6, 6.07) is 12.7. The summed E-state index contributed by atoms with van der Waals surface area (Å²) in [5.41, 5.74) is 4.65. The Balaban J connectivity index is 0.000000177. The van der Waals surface area contributed by atoms with Gasteiger partial charge in [-0.05, 0) is 142 Å². The second kappa shape index (κ2) is 25.9. The summed E-state index contributed by atoms with van der Waals surface area (Å²) in [6.07, 6.45) is 11.2. The van der Waals surface area contributed by atoms with Crippen LogP contribution in [0.3, 0.4) is 0 Å². The minimum Gasteiger partial charge on any atom is -0.508 e. The SMILES string of the molecule is CC.CCc1c(F)ccc2cc(O)cc(-c3nc4c5c(nc(OCC67CCCN6CCC7)nc5c3F)N3CCCOCC3CC4)c12.COC.Cn1nc(C2CCC(=O)NC2=O)c2ccc(N3CCC(CN4CCN(C=O)CC4)CC3)cc21. The number of nitrogens with one attached hydrogen (secondary N) is 1. The molecular weight excluding hydrogens is 1050 g/mol. The van der Waals surface area contributed by atoms with E-state index in [2.05, 4.69) is 53.0 Å². The van der Waals surface area contributed by atoms with Gasteiger partial charge in [0.05, 0.1) is 46.4 Å². The summed E-state index contributed by atoms with van der Waals surface area (Å²) < 4.78 is 50.5. The first-order chi connectivity index (χ1) is 39.9. The van der Waals surface area contributed by atoms with Crippen molar-refractivity contribution >= 4 is 62.3 Å². The quantitative estimate of drug-likeness (QED) is 0.0986. The predicted molar refractivity (Wildman–Crippen MR) is 314 cm³/mol. The van der Waals surface area contributed by atoms with E-state index in [1.165, 1.54) is 30.7 Å². The first-order valence-electron chi connectivity index (χ1n) is 29.8. The van der Waals surface area contributed by atoms with Gasteiger partial charge in [0.15, 0.2) is 5.82 Å². The van der Waals surface area contributed by atoms with Crippen molar-refractivity contribution in [3.63, 3.8) is 0 Å². The minimum atomic E-state index is -0.624. The molecule has 20 heteroatoms. The Morgan fingerprint density at radius 1 is 0.866 bits per heavy atom. The molecule has 10 heterocycles. The molecule has 0 saturated carbocycles. The molecule has 6 saturated heterocycles. The average molecular weight is 1130 g/mol. The topological polar surface area (TPSA) is 184 Å². The maximum atomic E-state index is 17.0. The predicted octanol–water partition coefficient (Wildman–Crippen LogP) is 8.31. The van der Waals surface area contributed by atoms with E-state index < -0.39 is 5.82 Å². The number of amides is 3. The van der Waals surface area contributed by atoms with E-state index in [-0.39, 0.29) is 58.1 Å². The van der Waals surface area contributed by atoms with E-state index in [0.29, 0.717) is 90.2 Å². The van der Waals surface area contributed by atoms with Crippen LogP contribution < -0.4 is 19.9 Å². The number of methoxy groups -OCH3 is 1. The number of hydrogen-bond donors (Lipinski definition) is 2. The molecule has 2 unspecified atom stereocenters. The number of aryl methyl sites for hydroxylation is 3. The molecule has 7 aliphatic rings. The Morgan fingerprint density at radius 3 is 2.34 bits per heavy atom. The molecule has 13 rings (SSSR count). The van der Waals surface area contributed by atoms with Crippen molar-refractivity contribution in [2.75, 3.05) is 109 Å². The number of anilines is 2. The van der Waals surface area contributed by atoms with Crippen LogP contribution in [0.25, 0.3) is 43.8 Å². The van der Waals surface area contributed by atoms with Crippen molar-refractivity contribution in [2.45, 2.75) is 115 Å². The molecule has 2 N–H and O–H groups in total. The van der Waals surface area contributed by atoms with Crippen molar-refractivity contribution in [2.24, 2.45) is 13.0 Å². The van der Waals surface area contributed by atoms with Gasteiger partial charge in [0.25, 0.3) is 0 Å². The smallest absolute Gasteiger partial charge is 0.319 e. The van der Waals surface area contributed by atoms with Crippen molar-refractivity contribution in [1.29, 1.82) is 0 Å². The summed E-state index contributed by atoms with van der Waals surface area (Å²) in [4.78, 5) is 61.0. The molecule has 18 nitrogen and oxygen atoms in total. The first kappa shape index (κ1) is 58.6. The monoisotopic (exact) mass is 1130 g/mol. The molecule has 3 amide bonds. The zero-order chi connectivity index (χ0) is 57.7. The first-order valence-corrected chi connectivity index (χ1v) is 29.8. The summed E-state index contributed by atoms with van der Waals surface area (Å²) in [5, 5.41) is 20.5. The lowest BCUT2D eigenvalue weighted by molar-refractivity contribution is -0.134. The van der Waals surface area contributed by atoms with Gasteiger partial charge >= 0.3 is 6.01 Å². The van der Waals surface area contributed by atoms with E-state index in [0.717, 1.165) is 127 Å². The third kappa shape index (κ3) is 12.0. The lowest BCUT2D eigenvalue weighted by atomic mass is 9.92. The lowest BCUT2D eigenvalue weighted by Crippen LogP contribution is -2.48. The fourth-order valence-electron chi connectivity index (χ4n) is 13.7. The minimum absolute atomic E-state index is 0.0143. The molecule has 7 aliphatic heterocycles. The normalized spacial score (nSPS) is 21.1. The van der Waals surface area contributed by atoms with Crippen LogP contribution in [0.15, 0.2) is 42.5 Å². The average Bonchev–Trinajstić information content (AvgIpc) is 4.06. The molecule has 2 atom stereocenters. The van der Waals surface area contributed by atoms with Crippen LogP contribution >= 0.6 is 0 Å². The Morgan fingerprint density at radius 2 is 1.62 bits per heavy atom. The molecule has 6 fully saturated rings. The number of aromatic hydroxyl groups is 1. The molecule has 6 aromatic rings. The number of halogens is 2. The second-order valence-corrected chi connectivity index (χ2v) is 22.8. The van der Waals surface area contributed by atoms with E-state index in [1.54, 1.807) is 26.4 Å². The number of piperazine rings is 1. The molecular formula is C62H81F2N11O7. The number of phenols is 1. The van der Waals surface area contributed by atoms with E-state index in [1.807, 2.05) is 37.4 Å². The lowest BCUT2D eigenvalue weighted by Gasteiger charge is -2.38. The number of ether oxygens (including phenoxy) is 3. The highest BCUT2D eigenvalue weighted by Gasteiger charge is 2.45. The molecule has 0 aliphatic carbocycles. The summed E-state index contributed by atoms with van der Waals surface area (Å²) >= 11 is 0. The van der Waals surface area contributed by atoms with Crippen LogP contribution in [-0.4, -0.2) is 174 Å². The Bertz CT molecular complexity index is 3260. The van der Waals surface area contributed by atoms with E-state index in [4.69, 9.17) is 24.4 Å². The number of piperidine rings is 2. The number of pyridine rings is 1. The Labute approximate surface area is 479 Å². The number of hydrogen-bond acceptors (Lipinski definition) is 15. The summed E-state index contributed by atoms with van der Waals surface area (Å²) in [5.74, 6) is -0.518. The van der Waals surface area contributed by atoms with Crippen LogP contribution in [0.5, 0.6) is 11.8 Å². The number of aromatic nitrogens is 5. The van der Waals surface area contributed by atoms with Crippen LogP contribution in [0.1, 0.15) is 108 Å². The number of carbonyl (C=O) groups excluding carboxylic acids is 3. The van der Waals surface area contributed by atoms with E-state index >= 15 is 8.78 Å². The van der Waals surface area contributed by atoms with Gasteiger partial charge in [-0.1, -0.05) is 26.8 Å². The molecule has 0 bridgehead atoms. The Kier molecular flexibility index (Phi) is 18.5. The maximum absolute atomic E-state index is 17.0. The van der Waals surface area contributed by atoms with E-state index in [9.17, 15) is 19.5 Å². The number of fused-ring (bicyclic) bond motifs is 5. The van der Waals surface area contributed by atoms with Crippen molar-refractivity contribution in [3.05, 3.63) is 71.1 Å². The van der Waals surface area contributed by atoms with Crippen LogP contribution in [0, 0.1) is 17.6 Å². The largest absolute Gasteiger partial charge is 0.508 e. The van der Waals surface area contributed by atoms with Gasteiger partial charge in [-0.2, -0.15) is 15.1 Å². The fraction of sp³-hybridized carbons (Fsp3) is 0.565. The zero-order valence-corrected chi connectivity index (χ0v) is 48.7. The zero-order valence-electron chi connectivity index (χ0n) is 48.7. The fourth-order valence-corrected chi connectivity index (χ4v) is 13.7. The van der Waals surface area contributed by atoms with Gasteiger partial charge in [-0.25, -0.2) is 13.8 Å². The number of rotatable bonds is 10. The van der Waals surface area contributed by atoms with Crippen LogP contribution in [-0.2, 0) is 43.7 Å². The van der Waals surface area contributed by atoms with Gasteiger partial charge in [0.1, 0.15) is 35.2 Å². The van der Waals surface area contributed by atoms with Crippen molar-refractivity contribution in [3.8, 4) is 23.0 Å². The van der Waals surface area contributed by atoms with Gasteiger partial charge in [-0.3, -0.25) is 34.2 Å². The van der Waals surface area contributed by atoms with Gasteiger partial charge < -0.3 is 34.0 Å². The number of carbonyl (C=O) groups is 3. The molecule has 0 spiro atoms. The summed E-state index contributed by atoms with van der Waals surface area (Å²) in [6.45, 7) is 17.3. The van der Waals surface area contributed by atoms with Crippen LogP contribution in [0.2, 0.25) is 0 Å². The van der Waals surface area contributed by atoms with Gasteiger partial charge in [0, 0.05) is 103 Å². The standard InChI is InChI=1S/C34H37F2N5O3.C24H32N6O3.C2H6O.C2H6/c1-2-23-25(35)8-6-20-16-22(42)17-24(27(20)23)30-29(36)31-28-26(37-30)9-7-21-18-43-15-5-14-41(21)32(28)39-33(38-31)44-19-34-10-3-12-40(34)13-4-11-34;1-27-21-14-18(2-3-19(21)23(26-27)20-4-5-22(32)25-24(20)33)30-8-6-17(7-9-30)15-28-10-12-29(16-31)13-11-28;1-3-2;1-2/h6,8,16-17,21,42H,2-5,7,9-15,18-19H2,1H3;2-3,14,16-17,20H,4-13,15H2,1H3,(H,25,32,33);1-2H3;1-2H3. The summed E-state index contributed by atoms with van der Waals surface area (Å²) in [7, 11) is 5.16. The molecule has 0 radical (unpaired) electrons. The third-order valence-corrected chi connectivity index (χ3v) is 17.8. The number of benzene rings is 3.